The Labute approximate surface area is 187 Å². The molecule has 0 unspecified atom stereocenters. The number of nitrogens with one attached hydrogen (secondary N) is 1. The van der Waals surface area contributed by atoms with E-state index in [4.69, 9.17) is 5.11 Å². The van der Waals surface area contributed by atoms with Crippen molar-refractivity contribution < 1.29 is 37.0 Å². The SMILES string of the molecule is C[C@@H]1CN(C(=O)O)CCN1c1ccc(NC(=O)c2ccc(Br)c(OC(F)(F)F)c2F)cn1. The number of benzene rings is 1. The van der Waals surface area contributed by atoms with E-state index < -0.39 is 35.5 Å². The first-order valence-electron chi connectivity index (χ1n) is 9.22. The summed E-state index contributed by atoms with van der Waals surface area (Å²) < 4.78 is 55.4. The number of carboxylic acid groups (broad SMARTS) is 1. The van der Waals surface area contributed by atoms with Gasteiger partial charge in [0, 0.05) is 25.7 Å². The van der Waals surface area contributed by atoms with E-state index in [1.54, 1.807) is 6.07 Å². The van der Waals surface area contributed by atoms with Crippen molar-refractivity contribution in [2.45, 2.75) is 19.3 Å². The van der Waals surface area contributed by atoms with Crippen LogP contribution >= 0.6 is 15.9 Å². The lowest BCUT2D eigenvalue weighted by molar-refractivity contribution is -0.275. The largest absolute Gasteiger partial charge is 0.573 e. The van der Waals surface area contributed by atoms with Crippen LogP contribution in [0.1, 0.15) is 17.3 Å². The minimum Gasteiger partial charge on any atom is -0.465 e. The molecular formula is C19H17BrF4N4O4. The van der Waals surface area contributed by atoms with Crippen LogP contribution < -0.4 is 15.0 Å². The lowest BCUT2D eigenvalue weighted by atomic mass is 10.1. The predicted octanol–water partition coefficient (Wildman–Crippen LogP) is 4.32. The number of hydrogen-bond donors (Lipinski definition) is 2. The highest BCUT2D eigenvalue weighted by molar-refractivity contribution is 9.10. The van der Waals surface area contributed by atoms with Gasteiger partial charge >= 0.3 is 12.5 Å². The molecule has 0 saturated carbocycles. The molecule has 1 aliphatic rings. The minimum absolute atomic E-state index is 0.128. The number of ether oxygens (including phenoxy) is 1. The van der Waals surface area contributed by atoms with Gasteiger partial charge in [-0.2, -0.15) is 0 Å². The van der Waals surface area contributed by atoms with Crippen LogP contribution in [0.4, 0.5) is 33.9 Å². The van der Waals surface area contributed by atoms with Gasteiger partial charge in [-0.15, -0.1) is 13.2 Å². The zero-order chi connectivity index (χ0) is 23.6. The first-order chi connectivity index (χ1) is 15.0. The molecule has 1 atom stereocenters. The zero-order valence-electron chi connectivity index (χ0n) is 16.5. The van der Waals surface area contributed by atoms with Crippen LogP contribution in [0, 0.1) is 5.82 Å². The molecule has 13 heteroatoms. The van der Waals surface area contributed by atoms with E-state index in [0.29, 0.717) is 25.5 Å². The third kappa shape index (κ3) is 5.39. The van der Waals surface area contributed by atoms with E-state index in [-0.39, 0.29) is 16.2 Å². The molecule has 0 bridgehead atoms. The number of carbonyl (C=O) groups excluding carboxylic acids is 1. The van der Waals surface area contributed by atoms with Crippen molar-refractivity contribution in [2.24, 2.45) is 0 Å². The normalized spacial score (nSPS) is 16.6. The number of pyridine rings is 1. The molecule has 1 aliphatic heterocycles. The molecule has 2 N–H and O–H groups in total. The van der Waals surface area contributed by atoms with E-state index >= 15 is 0 Å². The summed E-state index contributed by atoms with van der Waals surface area (Å²) in [4.78, 5) is 30.9. The number of rotatable bonds is 4. The summed E-state index contributed by atoms with van der Waals surface area (Å²) in [6.07, 6.45) is -4.81. The molecule has 32 heavy (non-hydrogen) atoms. The van der Waals surface area contributed by atoms with Crippen LogP contribution in [0.2, 0.25) is 0 Å². The van der Waals surface area contributed by atoms with Crippen LogP contribution in [0.15, 0.2) is 34.9 Å². The number of anilines is 2. The molecule has 8 nitrogen and oxygen atoms in total. The molecule has 2 aromatic rings. The van der Waals surface area contributed by atoms with E-state index in [0.717, 1.165) is 12.1 Å². The predicted molar refractivity (Wildman–Crippen MR) is 109 cm³/mol. The number of alkyl halides is 3. The zero-order valence-corrected chi connectivity index (χ0v) is 18.1. The van der Waals surface area contributed by atoms with Crippen molar-refractivity contribution >= 4 is 39.4 Å². The van der Waals surface area contributed by atoms with Crippen LogP contribution in [-0.4, -0.2) is 59.0 Å². The first-order valence-corrected chi connectivity index (χ1v) is 10.0. The molecule has 1 saturated heterocycles. The van der Waals surface area contributed by atoms with Crippen molar-refractivity contribution in [3.63, 3.8) is 0 Å². The molecule has 1 fully saturated rings. The second-order valence-corrected chi connectivity index (χ2v) is 7.77. The number of aromatic nitrogens is 1. The quantitative estimate of drug-likeness (QED) is 0.583. The van der Waals surface area contributed by atoms with E-state index in [1.807, 2.05) is 11.8 Å². The smallest absolute Gasteiger partial charge is 0.465 e. The van der Waals surface area contributed by atoms with Crippen molar-refractivity contribution in [1.29, 1.82) is 0 Å². The Balaban J connectivity index is 1.72. The van der Waals surface area contributed by atoms with Crippen molar-refractivity contribution in [2.75, 3.05) is 29.9 Å². The molecule has 0 aliphatic carbocycles. The maximum Gasteiger partial charge on any atom is 0.573 e. The summed E-state index contributed by atoms with van der Waals surface area (Å²) in [5, 5.41) is 11.5. The van der Waals surface area contributed by atoms with Gasteiger partial charge in [0.2, 0.25) is 0 Å². The number of amides is 2. The summed E-state index contributed by atoms with van der Waals surface area (Å²) in [7, 11) is 0. The molecule has 3 rings (SSSR count). The molecular weight excluding hydrogens is 504 g/mol. The highest BCUT2D eigenvalue weighted by Crippen LogP contribution is 2.35. The van der Waals surface area contributed by atoms with Gasteiger partial charge in [-0.25, -0.2) is 14.2 Å². The Morgan fingerprint density at radius 1 is 1.25 bits per heavy atom. The van der Waals surface area contributed by atoms with Gasteiger partial charge in [0.1, 0.15) is 5.82 Å². The molecule has 0 radical (unpaired) electrons. The average molecular weight is 521 g/mol. The van der Waals surface area contributed by atoms with Crippen molar-refractivity contribution in [3.8, 4) is 5.75 Å². The van der Waals surface area contributed by atoms with Crippen molar-refractivity contribution in [3.05, 3.63) is 46.3 Å². The molecule has 2 heterocycles. The van der Waals surface area contributed by atoms with Crippen LogP contribution in [0.5, 0.6) is 5.75 Å². The van der Waals surface area contributed by atoms with Gasteiger partial charge in [0.15, 0.2) is 11.6 Å². The van der Waals surface area contributed by atoms with Gasteiger partial charge in [0.25, 0.3) is 5.91 Å². The summed E-state index contributed by atoms with van der Waals surface area (Å²) in [5.41, 5.74) is -0.453. The number of piperazine rings is 1. The van der Waals surface area contributed by atoms with E-state index in [2.05, 4.69) is 31.0 Å². The number of nitrogens with zero attached hydrogens (tertiary/aromatic N) is 3. The molecule has 1 aromatic heterocycles. The topological polar surface area (TPSA) is 95.0 Å². The first kappa shape index (κ1) is 23.6. The summed E-state index contributed by atoms with van der Waals surface area (Å²) in [6.45, 7) is 2.90. The molecule has 2 amide bonds. The average Bonchev–Trinajstić information content (AvgIpc) is 2.71. The Kier molecular flexibility index (Phi) is 6.77. The highest BCUT2D eigenvalue weighted by atomic mass is 79.9. The van der Waals surface area contributed by atoms with Gasteiger partial charge in [-0.3, -0.25) is 4.79 Å². The van der Waals surface area contributed by atoms with Crippen LogP contribution in [-0.2, 0) is 0 Å². The van der Waals surface area contributed by atoms with E-state index in [1.165, 1.54) is 17.2 Å². The third-order valence-corrected chi connectivity index (χ3v) is 5.33. The Hall–Kier alpha value is -3.09. The molecule has 0 spiro atoms. The minimum atomic E-state index is -5.13. The van der Waals surface area contributed by atoms with E-state index in [9.17, 15) is 27.2 Å². The van der Waals surface area contributed by atoms with Crippen LogP contribution in [0.25, 0.3) is 0 Å². The fraction of sp³-hybridized carbons (Fsp3) is 0.316. The molecule has 172 valence electrons. The van der Waals surface area contributed by atoms with Gasteiger partial charge in [-0.05, 0) is 47.1 Å². The fourth-order valence-corrected chi connectivity index (χ4v) is 3.60. The lowest BCUT2D eigenvalue weighted by Crippen LogP contribution is -2.53. The number of hydrogen-bond acceptors (Lipinski definition) is 5. The summed E-state index contributed by atoms with van der Waals surface area (Å²) in [6, 6.07) is 5.05. The monoisotopic (exact) mass is 520 g/mol. The summed E-state index contributed by atoms with van der Waals surface area (Å²) >= 11 is 2.77. The lowest BCUT2D eigenvalue weighted by Gasteiger charge is -2.39. The van der Waals surface area contributed by atoms with Crippen molar-refractivity contribution in [1.82, 2.24) is 9.88 Å². The third-order valence-electron chi connectivity index (χ3n) is 4.71. The number of carbonyl (C=O) groups is 2. The number of halogens is 5. The van der Waals surface area contributed by atoms with Crippen LogP contribution in [0.3, 0.4) is 0 Å². The second-order valence-electron chi connectivity index (χ2n) is 6.92. The highest BCUT2D eigenvalue weighted by Gasteiger charge is 2.34. The maximum absolute atomic E-state index is 14.5. The maximum atomic E-state index is 14.5. The van der Waals surface area contributed by atoms with Gasteiger partial charge in [0.05, 0.1) is 21.9 Å². The Morgan fingerprint density at radius 2 is 1.97 bits per heavy atom. The summed E-state index contributed by atoms with van der Waals surface area (Å²) in [5.74, 6) is -3.05. The van der Waals surface area contributed by atoms with Gasteiger partial charge < -0.3 is 25.0 Å². The fourth-order valence-electron chi connectivity index (χ4n) is 3.22. The molecule has 1 aromatic carbocycles. The Morgan fingerprint density at radius 3 is 2.53 bits per heavy atom. The second kappa shape index (κ2) is 9.18. The standard InChI is InChI=1S/C19H17BrF4N4O4/c1-10-9-27(18(30)31)6-7-28(10)14-5-2-11(8-25-14)26-17(29)12-3-4-13(20)16(15(12)21)32-19(22,23)24/h2-5,8,10H,6-7,9H2,1H3,(H,26,29)(H,30,31)/t10-/m1/s1. The van der Waals surface area contributed by atoms with Gasteiger partial charge in [-0.1, -0.05) is 0 Å². The Bertz CT molecular complexity index is 1020.